The van der Waals surface area contributed by atoms with Crippen LogP contribution in [0.3, 0.4) is 0 Å². The average Bonchev–Trinajstić information content (AvgIpc) is 3.16. The van der Waals surface area contributed by atoms with E-state index in [2.05, 4.69) is 10.2 Å². The Hall–Kier alpha value is -2.02. The molecule has 0 radical (unpaired) electrons. The van der Waals surface area contributed by atoms with Gasteiger partial charge in [-0.1, -0.05) is 23.7 Å². The van der Waals surface area contributed by atoms with Gasteiger partial charge in [0.15, 0.2) is 0 Å². The number of nitrogens with one attached hydrogen (secondary N) is 1. The van der Waals surface area contributed by atoms with E-state index in [0.29, 0.717) is 37.6 Å². The highest BCUT2D eigenvalue weighted by molar-refractivity contribution is 6.30. The maximum Gasteiger partial charge on any atom is 0.317 e. The van der Waals surface area contributed by atoms with Crippen molar-refractivity contribution < 1.29 is 14.3 Å². The molecule has 1 aliphatic rings. The summed E-state index contributed by atoms with van der Waals surface area (Å²) in [6, 6.07) is 11.3. The van der Waals surface area contributed by atoms with E-state index >= 15 is 0 Å². The molecule has 1 fully saturated rings. The molecule has 2 N–H and O–H groups in total. The predicted octanol–water partition coefficient (Wildman–Crippen LogP) is 2.71. The molecule has 3 rings (SSSR count). The van der Waals surface area contributed by atoms with Gasteiger partial charge in [-0.2, -0.15) is 0 Å². The Kier molecular flexibility index (Phi) is 6.55. The van der Waals surface area contributed by atoms with Crippen molar-refractivity contribution in [3.63, 3.8) is 0 Å². The lowest BCUT2D eigenvalue weighted by Gasteiger charge is -2.41. The molecule has 140 valence electrons. The van der Waals surface area contributed by atoms with Gasteiger partial charge in [0.25, 0.3) is 0 Å². The van der Waals surface area contributed by atoms with Crippen LogP contribution in [0.25, 0.3) is 0 Å². The number of rotatable bonds is 6. The van der Waals surface area contributed by atoms with E-state index in [4.69, 9.17) is 16.0 Å². The zero-order chi connectivity index (χ0) is 18.4. The first-order chi connectivity index (χ1) is 12.7. The van der Waals surface area contributed by atoms with Gasteiger partial charge in [0.1, 0.15) is 5.76 Å². The normalized spacial score (nSPS) is 18.1. The summed E-state index contributed by atoms with van der Waals surface area (Å²) < 4.78 is 5.43. The quantitative estimate of drug-likeness (QED) is 0.812. The lowest BCUT2D eigenvalue weighted by Crippen LogP contribution is -2.56. The molecule has 0 bridgehead atoms. The van der Waals surface area contributed by atoms with Crippen LogP contribution in [-0.4, -0.2) is 53.2 Å². The van der Waals surface area contributed by atoms with Crippen LogP contribution in [-0.2, 0) is 13.1 Å². The van der Waals surface area contributed by atoms with Crippen molar-refractivity contribution in [3.8, 4) is 0 Å². The van der Waals surface area contributed by atoms with Crippen LogP contribution in [0, 0.1) is 0 Å². The number of carbonyl (C=O) groups excluding carboxylic acids is 1. The molecule has 2 amide bonds. The van der Waals surface area contributed by atoms with Gasteiger partial charge in [0, 0.05) is 43.9 Å². The average molecular weight is 378 g/mol. The fourth-order valence-corrected chi connectivity index (χ4v) is 3.33. The molecular weight excluding hydrogens is 354 g/mol. The minimum absolute atomic E-state index is 0.0828. The molecule has 1 saturated heterocycles. The van der Waals surface area contributed by atoms with E-state index < -0.39 is 0 Å². The second kappa shape index (κ2) is 9.07. The number of nitrogens with zero attached hydrogens (tertiary/aromatic N) is 2. The number of furan rings is 1. The van der Waals surface area contributed by atoms with E-state index in [0.717, 1.165) is 17.9 Å². The van der Waals surface area contributed by atoms with Crippen molar-refractivity contribution >= 4 is 17.6 Å². The number of amides is 2. The third-order valence-electron chi connectivity index (χ3n) is 4.65. The smallest absolute Gasteiger partial charge is 0.317 e. The second-order valence-electron chi connectivity index (χ2n) is 6.45. The Bertz CT molecular complexity index is 691. The molecule has 1 atom stereocenters. The Morgan fingerprint density at radius 1 is 1.27 bits per heavy atom. The van der Waals surface area contributed by atoms with Crippen LogP contribution >= 0.6 is 11.6 Å². The van der Waals surface area contributed by atoms with Crippen molar-refractivity contribution in [2.24, 2.45) is 0 Å². The summed E-state index contributed by atoms with van der Waals surface area (Å²) in [4.78, 5) is 16.6. The molecule has 2 heterocycles. The summed E-state index contributed by atoms with van der Waals surface area (Å²) in [5.74, 6) is 0.897. The summed E-state index contributed by atoms with van der Waals surface area (Å²) in [7, 11) is 0. The van der Waals surface area contributed by atoms with Crippen molar-refractivity contribution in [2.45, 2.75) is 25.6 Å². The number of urea groups is 1. The predicted molar refractivity (Wildman–Crippen MR) is 99.9 cm³/mol. The van der Waals surface area contributed by atoms with Gasteiger partial charge in [-0.25, -0.2) is 4.79 Å². The summed E-state index contributed by atoms with van der Waals surface area (Å²) in [6.45, 7) is 3.24. The Labute approximate surface area is 158 Å². The zero-order valence-electron chi connectivity index (χ0n) is 14.6. The van der Waals surface area contributed by atoms with Crippen molar-refractivity contribution in [1.29, 1.82) is 0 Å². The molecule has 2 aromatic rings. The van der Waals surface area contributed by atoms with E-state index in [1.54, 1.807) is 6.26 Å². The SMILES string of the molecule is O=C(NCc1ccc(Cl)cc1)N1CCN(Cc2ccco2)[C@H](CCO)C1. The van der Waals surface area contributed by atoms with Gasteiger partial charge in [-0.3, -0.25) is 4.90 Å². The Morgan fingerprint density at radius 2 is 2.08 bits per heavy atom. The van der Waals surface area contributed by atoms with Gasteiger partial charge >= 0.3 is 6.03 Å². The number of benzene rings is 1. The number of carbonyl (C=O) groups is 1. The molecule has 1 aromatic carbocycles. The van der Waals surface area contributed by atoms with E-state index in [1.165, 1.54) is 0 Å². The van der Waals surface area contributed by atoms with E-state index in [-0.39, 0.29) is 18.7 Å². The first-order valence-corrected chi connectivity index (χ1v) is 9.18. The highest BCUT2D eigenvalue weighted by Crippen LogP contribution is 2.17. The first kappa shape index (κ1) is 18.8. The van der Waals surface area contributed by atoms with Crippen molar-refractivity contribution in [3.05, 3.63) is 59.0 Å². The number of hydrogen-bond donors (Lipinski definition) is 2. The summed E-state index contributed by atoms with van der Waals surface area (Å²) >= 11 is 5.88. The molecule has 6 nitrogen and oxygen atoms in total. The van der Waals surface area contributed by atoms with Gasteiger partial charge < -0.3 is 19.7 Å². The van der Waals surface area contributed by atoms with E-state index in [1.807, 2.05) is 41.3 Å². The fraction of sp³-hybridized carbons (Fsp3) is 0.421. The number of hydrogen-bond acceptors (Lipinski definition) is 4. The molecule has 1 aliphatic heterocycles. The molecule has 7 heteroatoms. The van der Waals surface area contributed by atoms with Crippen molar-refractivity contribution in [1.82, 2.24) is 15.1 Å². The summed E-state index contributed by atoms with van der Waals surface area (Å²) in [5, 5.41) is 13.0. The monoisotopic (exact) mass is 377 g/mol. The summed E-state index contributed by atoms with van der Waals surface area (Å²) in [5.41, 5.74) is 1.01. The van der Waals surface area contributed by atoms with Crippen LogP contribution in [0.4, 0.5) is 4.79 Å². The van der Waals surface area contributed by atoms with Crippen LogP contribution in [0.5, 0.6) is 0 Å². The largest absolute Gasteiger partial charge is 0.468 e. The zero-order valence-corrected chi connectivity index (χ0v) is 15.4. The van der Waals surface area contributed by atoms with Crippen LogP contribution in [0.2, 0.25) is 5.02 Å². The van der Waals surface area contributed by atoms with Crippen molar-refractivity contribution in [2.75, 3.05) is 26.2 Å². The number of piperazine rings is 1. The number of aliphatic hydroxyl groups is 1. The maximum absolute atomic E-state index is 12.5. The maximum atomic E-state index is 12.5. The third kappa shape index (κ3) is 5.00. The number of halogens is 1. The molecule has 1 aromatic heterocycles. The fourth-order valence-electron chi connectivity index (χ4n) is 3.20. The minimum atomic E-state index is -0.0828. The Balaban J connectivity index is 1.53. The minimum Gasteiger partial charge on any atom is -0.468 e. The molecule has 0 unspecified atom stereocenters. The van der Waals surface area contributed by atoms with Crippen LogP contribution in [0.1, 0.15) is 17.7 Å². The lowest BCUT2D eigenvalue weighted by atomic mass is 10.1. The second-order valence-corrected chi connectivity index (χ2v) is 6.88. The highest BCUT2D eigenvalue weighted by Gasteiger charge is 2.29. The molecule has 0 saturated carbocycles. The van der Waals surface area contributed by atoms with Crippen LogP contribution < -0.4 is 5.32 Å². The number of aliphatic hydroxyl groups excluding tert-OH is 1. The topological polar surface area (TPSA) is 69.0 Å². The van der Waals surface area contributed by atoms with E-state index in [9.17, 15) is 9.90 Å². The lowest BCUT2D eigenvalue weighted by molar-refractivity contribution is 0.0635. The Morgan fingerprint density at radius 3 is 2.77 bits per heavy atom. The third-order valence-corrected chi connectivity index (χ3v) is 4.90. The van der Waals surface area contributed by atoms with Gasteiger partial charge in [-0.15, -0.1) is 0 Å². The summed E-state index contributed by atoms with van der Waals surface area (Å²) in [6.07, 6.45) is 2.29. The molecule has 26 heavy (non-hydrogen) atoms. The molecule has 0 aliphatic carbocycles. The standard InChI is InChI=1S/C19H24ClN3O3/c20-16-5-3-15(4-6-16)12-21-19(25)23-9-8-22(17(13-23)7-10-24)14-18-2-1-11-26-18/h1-6,11,17,24H,7-10,12-14H2,(H,21,25)/t17-/m1/s1. The molecular formula is C19H24ClN3O3. The van der Waals surface area contributed by atoms with Gasteiger partial charge in [0.2, 0.25) is 0 Å². The first-order valence-electron chi connectivity index (χ1n) is 8.80. The molecule has 0 spiro atoms. The highest BCUT2D eigenvalue weighted by atomic mass is 35.5. The van der Waals surface area contributed by atoms with Crippen LogP contribution in [0.15, 0.2) is 47.1 Å². The van der Waals surface area contributed by atoms with Gasteiger partial charge in [0.05, 0.1) is 12.8 Å². The van der Waals surface area contributed by atoms with Gasteiger partial charge in [-0.05, 0) is 36.2 Å².